The van der Waals surface area contributed by atoms with Gasteiger partial charge in [0.05, 0.1) is 0 Å². The molecule has 0 N–H and O–H groups in total. The summed E-state index contributed by atoms with van der Waals surface area (Å²) >= 11 is 0. The first-order chi connectivity index (χ1) is 17.8. The number of hydrogen-bond acceptors (Lipinski definition) is 0. The normalized spacial score (nSPS) is 37.2. The Morgan fingerprint density at radius 1 is 0.639 bits per heavy atom. The fourth-order valence-corrected chi connectivity index (χ4v) is 8.79. The third-order valence-electron chi connectivity index (χ3n) is 10.6. The molecule has 36 heavy (non-hydrogen) atoms. The fourth-order valence-electron chi connectivity index (χ4n) is 8.79. The summed E-state index contributed by atoms with van der Waals surface area (Å²) in [5.74, 6) is 5.30. The van der Waals surface area contributed by atoms with Crippen molar-refractivity contribution in [2.75, 3.05) is 0 Å². The van der Waals surface area contributed by atoms with E-state index in [1.165, 1.54) is 81.8 Å². The zero-order valence-electron chi connectivity index (χ0n) is 21.8. The number of allylic oxidation sites excluding steroid dienone is 12. The first-order valence-electron chi connectivity index (χ1n) is 15.1. The molecule has 0 aliphatic heterocycles. The van der Waals surface area contributed by atoms with Crippen LogP contribution in [0.5, 0.6) is 0 Å². The number of fused-ring (bicyclic) bond motifs is 4. The first kappa shape index (κ1) is 22.8. The summed E-state index contributed by atoms with van der Waals surface area (Å²) < 4.78 is 0. The molecule has 1 fully saturated rings. The highest BCUT2D eigenvalue weighted by molar-refractivity contribution is 5.75. The van der Waals surface area contributed by atoms with E-state index in [1.807, 2.05) is 5.57 Å². The van der Waals surface area contributed by atoms with E-state index in [2.05, 4.69) is 78.9 Å². The molecule has 0 amide bonds. The van der Waals surface area contributed by atoms with Crippen LogP contribution in [0.1, 0.15) is 81.8 Å². The predicted molar refractivity (Wildman–Crippen MR) is 153 cm³/mol. The van der Waals surface area contributed by atoms with Gasteiger partial charge >= 0.3 is 0 Å². The van der Waals surface area contributed by atoms with Crippen LogP contribution >= 0.6 is 0 Å². The summed E-state index contributed by atoms with van der Waals surface area (Å²) in [4.78, 5) is 0. The van der Waals surface area contributed by atoms with Gasteiger partial charge in [0.15, 0.2) is 0 Å². The van der Waals surface area contributed by atoms with Gasteiger partial charge in [0.2, 0.25) is 0 Å². The second-order valence-corrected chi connectivity index (χ2v) is 12.5. The van der Waals surface area contributed by atoms with E-state index < -0.39 is 0 Å². The molecule has 7 atom stereocenters. The van der Waals surface area contributed by atoms with Crippen molar-refractivity contribution in [1.29, 1.82) is 0 Å². The summed E-state index contributed by atoms with van der Waals surface area (Å²) in [6.45, 7) is 0. The van der Waals surface area contributed by atoms with Gasteiger partial charge in [-0.3, -0.25) is 0 Å². The van der Waals surface area contributed by atoms with E-state index >= 15 is 0 Å². The largest absolute Gasteiger partial charge is 0.0885 e. The lowest BCUT2D eigenvalue weighted by Gasteiger charge is -2.47. The molecule has 0 heterocycles. The highest BCUT2D eigenvalue weighted by Gasteiger charge is 2.42. The summed E-state index contributed by atoms with van der Waals surface area (Å²) in [5, 5.41) is 0. The van der Waals surface area contributed by atoms with Gasteiger partial charge in [-0.1, -0.05) is 84.5 Å². The van der Waals surface area contributed by atoms with E-state index in [1.54, 1.807) is 11.1 Å². The minimum atomic E-state index is 0.588. The number of benzene rings is 1. The van der Waals surface area contributed by atoms with E-state index in [9.17, 15) is 0 Å². The van der Waals surface area contributed by atoms with Gasteiger partial charge in [-0.25, -0.2) is 0 Å². The van der Waals surface area contributed by atoms with Crippen molar-refractivity contribution < 1.29 is 0 Å². The van der Waals surface area contributed by atoms with E-state index in [4.69, 9.17) is 0 Å². The van der Waals surface area contributed by atoms with Crippen LogP contribution in [-0.2, 0) is 0 Å². The smallest absolute Gasteiger partial charge is 0.00187 e. The fraction of sp³-hybridized carbons (Fsp3) is 0.500. The SMILES string of the molecule is C1=CC2C=CCCC2C(c2ccc(C3=CC4CCCC=C4C4CCC(C5CC=CCC5)CC34)cc2)=C1. The molecule has 0 bridgehead atoms. The molecule has 0 spiro atoms. The lowest BCUT2D eigenvalue weighted by molar-refractivity contribution is 0.166. The Kier molecular flexibility index (Phi) is 6.24. The van der Waals surface area contributed by atoms with Crippen molar-refractivity contribution in [3.8, 4) is 0 Å². The van der Waals surface area contributed by atoms with Gasteiger partial charge in [0.25, 0.3) is 0 Å². The zero-order valence-corrected chi connectivity index (χ0v) is 21.8. The van der Waals surface area contributed by atoms with E-state index in [0.29, 0.717) is 17.8 Å². The van der Waals surface area contributed by atoms with Crippen molar-refractivity contribution in [3.05, 3.63) is 95.6 Å². The molecule has 0 saturated heterocycles. The summed E-state index contributed by atoms with van der Waals surface area (Å²) in [5.41, 5.74) is 8.02. The predicted octanol–water partition coefficient (Wildman–Crippen LogP) is 9.73. The molecule has 0 heteroatoms. The van der Waals surface area contributed by atoms with Crippen molar-refractivity contribution in [1.82, 2.24) is 0 Å². The van der Waals surface area contributed by atoms with E-state index in [-0.39, 0.29) is 0 Å². The minimum Gasteiger partial charge on any atom is -0.0885 e. The zero-order chi connectivity index (χ0) is 23.9. The van der Waals surface area contributed by atoms with Crippen LogP contribution in [0.25, 0.3) is 11.1 Å². The average Bonchev–Trinajstić information content (AvgIpc) is 2.97. The number of rotatable bonds is 3. The molecule has 0 radical (unpaired) electrons. The Balaban J connectivity index is 1.19. The molecule has 7 rings (SSSR count). The third-order valence-corrected chi connectivity index (χ3v) is 10.6. The maximum atomic E-state index is 2.73. The van der Waals surface area contributed by atoms with Crippen LogP contribution in [-0.4, -0.2) is 0 Å². The van der Waals surface area contributed by atoms with Crippen molar-refractivity contribution in [2.45, 2.75) is 70.6 Å². The average molecular weight is 475 g/mol. The molecule has 6 aliphatic rings. The van der Waals surface area contributed by atoms with Gasteiger partial charge < -0.3 is 0 Å². The second-order valence-electron chi connectivity index (χ2n) is 12.5. The standard InChI is InChI=1S/C36H42/c1-2-9-25(10-3-1)29-21-22-34-33-15-7-5-12-30(33)24-35(36(34)23-29)28-19-17-27(18-20-28)32-16-8-13-26-11-4-6-14-31(26)32/h1-2,4,8,11,13,15-20,24-26,29-31,34,36H,3,5-7,9-10,12,14,21-23H2. The maximum absolute atomic E-state index is 2.73. The molecule has 7 unspecified atom stereocenters. The Labute approximate surface area is 218 Å². The van der Waals surface area contributed by atoms with Crippen molar-refractivity contribution >= 4 is 11.1 Å². The Morgan fingerprint density at radius 3 is 2.36 bits per heavy atom. The quantitative estimate of drug-likeness (QED) is 0.382. The van der Waals surface area contributed by atoms with Crippen molar-refractivity contribution in [3.63, 3.8) is 0 Å². The minimum absolute atomic E-state index is 0.588. The Hall–Kier alpha value is -2.34. The van der Waals surface area contributed by atoms with E-state index in [0.717, 1.165) is 23.7 Å². The first-order valence-corrected chi connectivity index (χ1v) is 15.1. The summed E-state index contributed by atoms with van der Waals surface area (Å²) in [7, 11) is 0. The van der Waals surface area contributed by atoms with Crippen LogP contribution in [0.3, 0.4) is 0 Å². The van der Waals surface area contributed by atoms with Crippen LogP contribution in [0, 0.1) is 41.4 Å². The van der Waals surface area contributed by atoms with Crippen molar-refractivity contribution in [2.24, 2.45) is 41.4 Å². The van der Waals surface area contributed by atoms with Crippen LogP contribution in [0.4, 0.5) is 0 Å². The molecule has 0 aromatic heterocycles. The van der Waals surface area contributed by atoms with Gasteiger partial charge in [-0.15, -0.1) is 0 Å². The number of hydrogen-bond donors (Lipinski definition) is 0. The molecule has 1 aromatic carbocycles. The Bertz CT molecular complexity index is 1150. The second kappa shape index (κ2) is 9.85. The molecular weight excluding hydrogens is 432 g/mol. The third kappa shape index (κ3) is 4.15. The lowest BCUT2D eigenvalue weighted by Crippen LogP contribution is -2.35. The van der Waals surface area contributed by atoms with Gasteiger partial charge in [-0.2, -0.15) is 0 Å². The lowest BCUT2D eigenvalue weighted by atomic mass is 9.58. The van der Waals surface area contributed by atoms with Crippen LogP contribution in [0.15, 0.2) is 84.5 Å². The summed E-state index contributed by atoms with van der Waals surface area (Å²) in [6.07, 6.45) is 37.0. The topological polar surface area (TPSA) is 0 Å². The Morgan fingerprint density at radius 2 is 1.50 bits per heavy atom. The molecule has 1 saturated carbocycles. The molecule has 6 aliphatic carbocycles. The van der Waals surface area contributed by atoms with Gasteiger partial charge in [-0.05, 0) is 128 Å². The van der Waals surface area contributed by atoms with Gasteiger partial charge in [0, 0.05) is 5.92 Å². The highest BCUT2D eigenvalue weighted by atomic mass is 14.5. The molecule has 1 aromatic rings. The maximum Gasteiger partial charge on any atom is 0.00187 e. The highest BCUT2D eigenvalue weighted by Crippen LogP contribution is 2.54. The van der Waals surface area contributed by atoms with Crippen LogP contribution < -0.4 is 0 Å². The monoisotopic (exact) mass is 474 g/mol. The molecule has 186 valence electrons. The molecular formula is C36H42. The van der Waals surface area contributed by atoms with Crippen LogP contribution in [0.2, 0.25) is 0 Å². The molecule has 0 nitrogen and oxygen atoms in total. The summed E-state index contributed by atoms with van der Waals surface area (Å²) in [6, 6.07) is 9.86. The van der Waals surface area contributed by atoms with Gasteiger partial charge in [0.1, 0.15) is 0 Å².